The molecule has 0 saturated carbocycles. The minimum atomic E-state index is -0.245. The fourth-order valence-corrected chi connectivity index (χ4v) is 1.51. The maximum Gasteiger partial charge on any atom is 0.0684 e. The molecule has 1 rings (SSSR count). The number of benzene rings is 1. The largest absolute Gasteiger partial charge is 0.385 e. The molecule has 2 nitrogen and oxygen atoms in total. The molecule has 0 unspecified atom stereocenters. The second-order valence-corrected chi connectivity index (χ2v) is 4.92. The second-order valence-electron chi connectivity index (χ2n) is 4.92. The minimum Gasteiger partial charge on any atom is -0.385 e. The number of nitriles is 1. The molecule has 86 valence electrons. The quantitative estimate of drug-likeness (QED) is 0.833. The summed E-state index contributed by atoms with van der Waals surface area (Å²) in [5.41, 5.74) is 3.51. The van der Waals surface area contributed by atoms with Crippen LogP contribution in [-0.4, -0.2) is 6.54 Å². The number of hydrogen-bond acceptors (Lipinski definition) is 2. The van der Waals surface area contributed by atoms with Crippen LogP contribution in [0.4, 0.5) is 5.69 Å². The maximum atomic E-state index is 8.91. The lowest BCUT2D eigenvalue weighted by Gasteiger charge is -2.17. The number of hydrogen-bond donors (Lipinski definition) is 1. The third-order valence-electron chi connectivity index (χ3n) is 2.97. The van der Waals surface area contributed by atoms with Crippen molar-refractivity contribution in [2.24, 2.45) is 5.41 Å². The highest BCUT2D eigenvalue weighted by molar-refractivity contribution is 5.53. The molecule has 0 amide bonds. The Balaban J connectivity index is 2.57. The molecule has 0 aliphatic rings. The number of nitrogens with one attached hydrogen (secondary N) is 1. The van der Waals surface area contributed by atoms with Gasteiger partial charge in [-0.3, -0.25) is 0 Å². The van der Waals surface area contributed by atoms with Gasteiger partial charge in [0.25, 0.3) is 0 Å². The van der Waals surface area contributed by atoms with Crippen LogP contribution in [0, 0.1) is 30.6 Å². The Morgan fingerprint density at radius 1 is 1.31 bits per heavy atom. The van der Waals surface area contributed by atoms with E-state index in [1.54, 1.807) is 0 Å². The number of nitrogens with zero attached hydrogens (tertiary/aromatic N) is 1. The Bertz CT molecular complexity index is 400. The molecule has 0 aromatic heterocycles. The van der Waals surface area contributed by atoms with Crippen molar-refractivity contribution in [3.05, 3.63) is 29.3 Å². The Hall–Kier alpha value is -1.49. The van der Waals surface area contributed by atoms with Gasteiger partial charge in [0.15, 0.2) is 0 Å². The summed E-state index contributed by atoms with van der Waals surface area (Å²) >= 11 is 0. The highest BCUT2D eigenvalue weighted by Gasteiger charge is 2.15. The van der Waals surface area contributed by atoms with Crippen molar-refractivity contribution in [3.8, 4) is 6.07 Å². The van der Waals surface area contributed by atoms with Crippen molar-refractivity contribution in [2.45, 2.75) is 34.1 Å². The molecule has 0 spiro atoms. The van der Waals surface area contributed by atoms with Crippen LogP contribution in [0.3, 0.4) is 0 Å². The molecule has 1 aromatic rings. The molecule has 0 fully saturated rings. The van der Waals surface area contributed by atoms with E-state index in [1.807, 2.05) is 13.8 Å². The fourth-order valence-electron chi connectivity index (χ4n) is 1.51. The predicted octanol–water partition coefficient (Wildman–Crippen LogP) is 3.66. The van der Waals surface area contributed by atoms with Gasteiger partial charge in [0.1, 0.15) is 0 Å². The zero-order chi connectivity index (χ0) is 12.2. The van der Waals surface area contributed by atoms with E-state index in [1.165, 1.54) is 16.8 Å². The molecule has 1 N–H and O–H groups in total. The summed E-state index contributed by atoms with van der Waals surface area (Å²) < 4.78 is 0. The lowest BCUT2D eigenvalue weighted by molar-refractivity contribution is 0.466. The zero-order valence-electron chi connectivity index (χ0n) is 10.6. The van der Waals surface area contributed by atoms with E-state index in [0.717, 1.165) is 13.0 Å². The average molecular weight is 216 g/mol. The van der Waals surface area contributed by atoms with Crippen LogP contribution in [0.5, 0.6) is 0 Å². The lowest BCUT2D eigenvalue weighted by atomic mass is 9.91. The smallest absolute Gasteiger partial charge is 0.0684 e. The van der Waals surface area contributed by atoms with Crippen LogP contribution < -0.4 is 5.32 Å². The van der Waals surface area contributed by atoms with E-state index in [9.17, 15) is 0 Å². The van der Waals surface area contributed by atoms with Crippen LogP contribution in [0.1, 0.15) is 31.4 Å². The van der Waals surface area contributed by atoms with Gasteiger partial charge in [-0.2, -0.15) is 5.26 Å². The summed E-state index contributed by atoms with van der Waals surface area (Å²) in [6.07, 6.45) is 0.858. The van der Waals surface area contributed by atoms with E-state index in [-0.39, 0.29) is 5.41 Å². The first-order valence-corrected chi connectivity index (χ1v) is 5.67. The monoisotopic (exact) mass is 216 g/mol. The molecule has 2 heteroatoms. The Labute approximate surface area is 98.3 Å². The number of rotatable bonds is 4. The average Bonchev–Trinajstić information content (AvgIpc) is 2.24. The third kappa shape index (κ3) is 3.27. The Kier molecular flexibility index (Phi) is 3.95. The van der Waals surface area contributed by atoms with Crippen LogP contribution in [0.2, 0.25) is 0 Å². The molecule has 16 heavy (non-hydrogen) atoms. The molecule has 0 aliphatic heterocycles. The van der Waals surface area contributed by atoms with Gasteiger partial charge < -0.3 is 5.32 Å². The summed E-state index contributed by atoms with van der Waals surface area (Å²) in [5, 5.41) is 12.3. The summed E-state index contributed by atoms with van der Waals surface area (Å²) in [6, 6.07) is 8.57. The van der Waals surface area contributed by atoms with Crippen molar-refractivity contribution >= 4 is 5.69 Å². The maximum absolute atomic E-state index is 8.91. The third-order valence-corrected chi connectivity index (χ3v) is 2.97. The van der Waals surface area contributed by atoms with Crippen molar-refractivity contribution in [1.82, 2.24) is 0 Å². The molecular weight excluding hydrogens is 196 g/mol. The van der Waals surface area contributed by atoms with E-state index in [2.05, 4.69) is 43.4 Å². The summed E-state index contributed by atoms with van der Waals surface area (Å²) in [5.74, 6) is 0. The summed E-state index contributed by atoms with van der Waals surface area (Å²) in [6.45, 7) is 9.01. The molecular formula is C14H20N2. The SMILES string of the molecule is Cc1cccc(NCCC(C)(C)C#N)c1C. The van der Waals surface area contributed by atoms with Crippen LogP contribution >= 0.6 is 0 Å². The lowest BCUT2D eigenvalue weighted by Crippen LogP contribution is -2.15. The molecule has 1 aromatic carbocycles. The van der Waals surface area contributed by atoms with Gasteiger partial charge in [-0.25, -0.2) is 0 Å². The second kappa shape index (κ2) is 5.03. The van der Waals surface area contributed by atoms with E-state index < -0.39 is 0 Å². The first kappa shape index (κ1) is 12.6. The topological polar surface area (TPSA) is 35.8 Å². The predicted molar refractivity (Wildman–Crippen MR) is 68.4 cm³/mol. The molecule has 0 aliphatic carbocycles. The van der Waals surface area contributed by atoms with Gasteiger partial charge in [0, 0.05) is 12.2 Å². The normalized spacial score (nSPS) is 10.9. The van der Waals surface area contributed by atoms with Crippen LogP contribution in [-0.2, 0) is 0 Å². The highest BCUT2D eigenvalue weighted by Crippen LogP contribution is 2.21. The van der Waals surface area contributed by atoms with Crippen molar-refractivity contribution in [1.29, 1.82) is 5.26 Å². The first-order valence-electron chi connectivity index (χ1n) is 5.67. The van der Waals surface area contributed by atoms with E-state index >= 15 is 0 Å². The van der Waals surface area contributed by atoms with Gasteiger partial charge in [-0.05, 0) is 51.3 Å². The van der Waals surface area contributed by atoms with Gasteiger partial charge in [0.2, 0.25) is 0 Å². The Morgan fingerprint density at radius 2 is 2.00 bits per heavy atom. The number of anilines is 1. The standard InChI is InChI=1S/C14H20N2/c1-11-6-5-7-13(12(11)2)16-9-8-14(3,4)10-15/h5-7,16H,8-9H2,1-4H3. The summed E-state index contributed by atoms with van der Waals surface area (Å²) in [4.78, 5) is 0. The Morgan fingerprint density at radius 3 is 2.62 bits per heavy atom. The van der Waals surface area contributed by atoms with Crippen LogP contribution in [0.25, 0.3) is 0 Å². The van der Waals surface area contributed by atoms with Crippen molar-refractivity contribution < 1.29 is 0 Å². The van der Waals surface area contributed by atoms with Gasteiger partial charge in [-0.15, -0.1) is 0 Å². The molecule has 0 bridgehead atoms. The van der Waals surface area contributed by atoms with Crippen molar-refractivity contribution in [3.63, 3.8) is 0 Å². The first-order chi connectivity index (χ1) is 7.46. The van der Waals surface area contributed by atoms with Crippen LogP contribution in [0.15, 0.2) is 18.2 Å². The van der Waals surface area contributed by atoms with Gasteiger partial charge in [-0.1, -0.05) is 12.1 Å². The zero-order valence-corrected chi connectivity index (χ0v) is 10.6. The minimum absolute atomic E-state index is 0.245. The van der Waals surface area contributed by atoms with E-state index in [0.29, 0.717) is 0 Å². The highest BCUT2D eigenvalue weighted by atomic mass is 14.9. The van der Waals surface area contributed by atoms with E-state index in [4.69, 9.17) is 5.26 Å². The molecule has 0 heterocycles. The molecule has 0 atom stereocenters. The van der Waals surface area contributed by atoms with Gasteiger partial charge in [0.05, 0.1) is 11.5 Å². The molecule has 0 radical (unpaired) electrons. The fraction of sp³-hybridized carbons (Fsp3) is 0.500. The van der Waals surface area contributed by atoms with Gasteiger partial charge >= 0.3 is 0 Å². The molecule has 0 saturated heterocycles. The van der Waals surface area contributed by atoms with Crippen molar-refractivity contribution in [2.75, 3.05) is 11.9 Å². The summed E-state index contributed by atoms with van der Waals surface area (Å²) in [7, 11) is 0. The number of aryl methyl sites for hydroxylation is 1.